The van der Waals surface area contributed by atoms with Crippen molar-refractivity contribution in [2.24, 2.45) is 11.8 Å². The number of rotatable bonds is 7. The highest BCUT2D eigenvalue weighted by Gasteiger charge is 2.38. The first-order valence-electron chi connectivity index (χ1n) is 18.2. The highest BCUT2D eigenvalue weighted by atomic mass is 16.3. The summed E-state index contributed by atoms with van der Waals surface area (Å²) in [5.41, 5.74) is 9.68. The smallest absolute Gasteiger partial charge is 0.229 e. The molecule has 8 heteroatoms. The normalized spacial score (nSPS) is 15.9. The summed E-state index contributed by atoms with van der Waals surface area (Å²) in [6.45, 7) is 19.0. The van der Waals surface area contributed by atoms with Gasteiger partial charge in [0, 0.05) is 57.2 Å². The van der Waals surface area contributed by atoms with Crippen molar-refractivity contribution < 1.29 is 30.0 Å². The van der Waals surface area contributed by atoms with Crippen LogP contribution in [0.4, 0.5) is 11.4 Å². The number of aliphatic hydroxyl groups excluding tert-OH is 2. The Labute approximate surface area is 316 Å². The van der Waals surface area contributed by atoms with Crippen LogP contribution in [0.5, 0.6) is 11.5 Å². The van der Waals surface area contributed by atoms with Gasteiger partial charge in [-0.05, 0) is 98.9 Å². The molecule has 2 aliphatic carbocycles. The van der Waals surface area contributed by atoms with Gasteiger partial charge < -0.3 is 31.1 Å². The van der Waals surface area contributed by atoms with Gasteiger partial charge in [-0.1, -0.05) is 75.2 Å². The molecule has 0 fully saturated rings. The number of aliphatic hydroxyl groups is 2. The number of allylic oxidation sites excluding steroid dienone is 4. The molecule has 0 radical (unpaired) electrons. The largest absolute Gasteiger partial charge is 0.507 e. The summed E-state index contributed by atoms with van der Waals surface area (Å²) in [7, 11) is 0. The van der Waals surface area contributed by atoms with Crippen LogP contribution in [0.2, 0.25) is 0 Å². The van der Waals surface area contributed by atoms with E-state index in [1.807, 2.05) is 104 Å². The molecule has 0 bridgehead atoms. The summed E-state index contributed by atoms with van der Waals surface area (Å²) in [6.07, 6.45) is 3.01. The van der Waals surface area contributed by atoms with Crippen molar-refractivity contribution in [1.29, 1.82) is 0 Å². The molecule has 278 valence electrons. The lowest BCUT2D eigenvalue weighted by Crippen LogP contribution is -2.20. The molecular weight excluding hydrogens is 677 g/mol. The number of phenols is 2. The molecule has 0 amide bonds. The third kappa shape index (κ3) is 6.25. The third-order valence-corrected chi connectivity index (χ3v) is 10.5. The Balaban J connectivity index is 1.63. The van der Waals surface area contributed by atoms with Gasteiger partial charge in [0.2, 0.25) is 11.6 Å². The lowest BCUT2D eigenvalue weighted by Gasteiger charge is -2.29. The Morgan fingerprint density at radius 1 is 0.500 bits per heavy atom. The molecule has 0 unspecified atom stereocenters. The Bertz CT molecular complexity index is 2250. The van der Waals surface area contributed by atoms with E-state index in [9.17, 15) is 30.0 Å². The number of ketones is 2. The zero-order valence-electron chi connectivity index (χ0n) is 32.5. The predicted molar refractivity (Wildman–Crippen MR) is 219 cm³/mol. The number of hydrogen-bond donors (Lipinski definition) is 6. The van der Waals surface area contributed by atoms with Crippen LogP contribution in [0.3, 0.4) is 0 Å². The van der Waals surface area contributed by atoms with Crippen LogP contribution < -0.4 is 10.6 Å². The van der Waals surface area contributed by atoms with Gasteiger partial charge in [0.1, 0.15) is 11.5 Å². The molecule has 6 N–H and O–H groups in total. The van der Waals surface area contributed by atoms with E-state index in [1.165, 1.54) is 12.4 Å². The maximum atomic E-state index is 14.0. The SMILES string of the molecule is Cc1ccc(N/C=C2\C(=O)C(O)=C(C(C)C)c3cc(C)c(-c4c(C)cc5c(c4O)/C(=C/Nc4ccc(C)cc4C)C(=O)C(O)=C5C(C)C)c(O)c32)c(C)c1. The quantitative estimate of drug-likeness (QED) is 0.104. The number of benzene rings is 4. The summed E-state index contributed by atoms with van der Waals surface area (Å²) < 4.78 is 0. The van der Waals surface area contributed by atoms with Gasteiger partial charge >= 0.3 is 0 Å². The summed E-state index contributed by atoms with van der Waals surface area (Å²) in [5, 5.41) is 53.8. The minimum absolute atomic E-state index is 0.0594. The third-order valence-electron chi connectivity index (χ3n) is 10.5. The summed E-state index contributed by atoms with van der Waals surface area (Å²) in [4.78, 5) is 27.9. The number of carbonyl (C=O) groups excluding carboxylic acids is 2. The lowest BCUT2D eigenvalue weighted by atomic mass is 9.75. The van der Waals surface area contributed by atoms with E-state index < -0.39 is 11.6 Å². The van der Waals surface area contributed by atoms with E-state index in [-0.39, 0.29) is 68.3 Å². The number of Topliss-reactive ketones (excluding diaryl/α,β-unsaturated/α-hetero) is 2. The van der Waals surface area contributed by atoms with Crippen molar-refractivity contribution in [3.63, 3.8) is 0 Å². The molecule has 0 saturated carbocycles. The molecule has 0 atom stereocenters. The first-order chi connectivity index (χ1) is 25.4. The van der Waals surface area contributed by atoms with Crippen LogP contribution >= 0.6 is 0 Å². The summed E-state index contributed by atoms with van der Waals surface area (Å²) in [6, 6.07) is 15.4. The van der Waals surface area contributed by atoms with Crippen molar-refractivity contribution >= 4 is 45.2 Å². The van der Waals surface area contributed by atoms with Gasteiger partial charge in [0.25, 0.3) is 0 Å². The molecule has 54 heavy (non-hydrogen) atoms. The Morgan fingerprint density at radius 3 is 1.17 bits per heavy atom. The van der Waals surface area contributed by atoms with Gasteiger partial charge in [-0.2, -0.15) is 0 Å². The van der Waals surface area contributed by atoms with Crippen LogP contribution in [-0.2, 0) is 9.59 Å². The maximum Gasteiger partial charge on any atom is 0.229 e. The summed E-state index contributed by atoms with van der Waals surface area (Å²) in [5.74, 6) is -3.08. The molecule has 0 heterocycles. The Kier molecular flexibility index (Phi) is 9.84. The van der Waals surface area contributed by atoms with Gasteiger partial charge in [-0.3, -0.25) is 9.59 Å². The van der Waals surface area contributed by atoms with Gasteiger partial charge in [0.05, 0.1) is 11.1 Å². The van der Waals surface area contributed by atoms with E-state index in [0.717, 1.165) is 33.6 Å². The van der Waals surface area contributed by atoms with Crippen LogP contribution in [0.1, 0.15) is 83.3 Å². The molecule has 0 aliphatic heterocycles. The number of aromatic hydroxyl groups is 2. The second kappa shape index (κ2) is 14.1. The first-order valence-corrected chi connectivity index (χ1v) is 18.2. The average molecular weight is 725 g/mol. The van der Waals surface area contributed by atoms with Crippen LogP contribution in [0.15, 0.2) is 72.4 Å². The molecule has 0 spiro atoms. The highest BCUT2D eigenvalue weighted by Crippen LogP contribution is 2.53. The fraction of sp³-hybridized carbons (Fsp3) is 0.261. The van der Waals surface area contributed by atoms with E-state index in [2.05, 4.69) is 10.6 Å². The number of anilines is 2. The van der Waals surface area contributed by atoms with E-state index >= 15 is 0 Å². The van der Waals surface area contributed by atoms with Crippen molar-refractivity contribution in [1.82, 2.24) is 0 Å². The van der Waals surface area contributed by atoms with Crippen LogP contribution in [-0.4, -0.2) is 32.0 Å². The number of carbonyl (C=O) groups is 2. The fourth-order valence-corrected chi connectivity index (χ4v) is 7.88. The maximum absolute atomic E-state index is 14.0. The molecule has 8 nitrogen and oxygen atoms in total. The Hall–Kier alpha value is -6.02. The Morgan fingerprint density at radius 2 is 0.852 bits per heavy atom. The number of fused-ring (bicyclic) bond motifs is 2. The van der Waals surface area contributed by atoms with Gasteiger partial charge in [-0.15, -0.1) is 0 Å². The second-order valence-corrected chi connectivity index (χ2v) is 15.2. The first kappa shape index (κ1) is 37.7. The van der Waals surface area contributed by atoms with E-state index in [4.69, 9.17) is 0 Å². The van der Waals surface area contributed by atoms with Crippen LogP contribution in [0.25, 0.3) is 33.4 Å². The second-order valence-electron chi connectivity index (χ2n) is 15.2. The standard InChI is InChI=1S/C46H48N2O6/c1-21(2)35-29-17-27(9)37(43(51)39(29)31(41(49)45(35)53)19-47-33-13-11-23(5)15-25(33)7)38-28(10)18-30-36(22(3)4)46(54)42(50)32(40(30)44(38)52)20-48-34-14-12-24(6)16-26(34)8/h11-22,47-48,51-54H,1-10H3/b31-19-,32-20-. The van der Waals surface area contributed by atoms with E-state index in [0.29, 0.717) is 33.4 Å². The molecule has 4 aromatic rings. The van der Waals surface area contributed by atoms with Crippen LogP contribution in [0, 0.1) is 53.4 Å². The number of aryl methyl sites for hydroxylation is 6. The molecular formula is C46H48N2O6. The topological polar surface area (TPSA) is 139 Å². The molecule has 0 aromatic heterocycles. The summed E-state index contributed by atoms with van der Waals surface area (Å²) >= 11 is 0. The fourth-order valence-electron chi connectivity index (χ4n) is 7.88. The molecule has 2 aliphatic rings. The minimum atomic E-state index is -0.643. The number of phenolic OH excluding ortho intramolecular Hbond substituents is 2. The van der Waals surface area contributed by atoms with E-state index in [1.54, 1.807) is 13.8 Å². The van der Waals surface area contributed by atoms with Crippen molar-refractivity contribution in [3.8, 4) is 22.6 Å². The predicted octanol–water partition coefficient (Wildman–Crippen LogP) is 10.5. The van der Waals surface area contributed by atoms with Gasteiger partial charge in [0.15, 0.2) is 11.5 Å². The lowest BCUT2D eigenvalue weighted by molar-refractivity contribution is -0.113. The molecule has 0 saturated heterocycles. The molecule has 4 aromatic carbocycles. The van der Waals surface area contributed by atoms with Crippen molar-refractivity contribution in [2.45, 2.75) is 69.2 Å². The highest BCUT2D eigenvalue weighted by molar-refractivity contribution is 6.35. The molecule has 6 rings (SSSR count). The number of hydrogen-bond acceptors (Lipinski definition) is 8. The van der Waals surface area contributed by atoms with Crippen molar-refractivity contribution in [3.05, 3.63) is 128 Å². The minimum Gasteiger partial charge on any atom is -0.507 e. The van der Waals surface area contributed by atoms with Gasteiger partial charge in [-0.25, -0.2) is 0 Å². The average Bonchev–Trinajstić information content (AvgIpc) is 3.08. The number of nitrogens with one attached hydrogen (secondary N) is 2. The van der Waals surface area contributed by atoms with Crippen molar-refractivity contribution in [2.75, 3.05) is 10.6 Å². The zero-order chi connectivity index (χ0) is 39.5. The zero-order valence-corrected chi connectivity index (χ0v) is 32.5. The monoisotopic (exact) mass is 724 g/mol.